The van der Waals surface area contributed by atoms with Gasteiger partial charge in [-0.3, -0.25) is 0 Å². The van der Waals surface area contributed by atoms with Gasteiger partial charge in [0.25, 0.3) is 0 Å². The normalized spacial score (nSPS) is 17.9. The summed E-state index contributed by atoms with van der Waals surface area (Å²) in [7, 11) is -4.91. The first kappa shape index (κ1) is 18.2. The van der Waals surface area contributed by atoms with Crippen LogP contribution in [0.5, 0.6) is 0 Å². The lowest BCUT2D eigenvalue weighted by molar-refractivity contribution is 0.134. The number of piperazine rings is 1. The average molecular weight is 340 g/mol. The molecule has 0 aromatic carbocycles. The third kappa shape index (κ3) is 5.11. The predicted octanol–water partition coefficient (Wildman–Crippen LogP) is 0.0366. The van der Waals surface area contributed by atoms with Crippen molar-refractivity contribution in [1.29, 1.82) is 0 Å². The van der Waals surface area contributed by atoms with Gasteiger partial charge >= 0.3 is 16.2 Å². The Labute approximate surface area is 127 Å². The third-order valence-corrected chi connectivity index (χ3v) is 6.39. The zero-order valence-corrected chi connectivity index (χ0v) is 14.8. The molecule has 1 aliphatic heterocycles. The highest BCUT2D eigenvalue weighted by Gasteiger charge is 2.30. The molecule has 1 rings (SSSR count). The Morgan fingerprint density at radius 3 is 1.95 bits per heavy atom. The molecular formula is C11H24N4O4S2. The number of hydrogen-bond donors (Lipinski definition) is 0. The van der Waals surface area contributed by atoms with Gasteiger partial charge in [0.2, 0.25) is 0 Å². The lowest BCUT2D eigenvalue weighted by atomic mass is 10.3. The molecule has 1 saturated heterocycles. The zero-order valence-electron chi connectivity index (χ0n) is 13.1. The van der Waals surface area contributed by atoms with E-state index in [0.29, 0.717) is 13.1 Å². The molecule has 124 valence electrons. The summed E-state index contributed by atoms with van der Waals surface area (Å²) < 4.78 is 40.1. The topological polar surface area (TPSA) is 90.4 Å². The summed E-state index contributed by atoms with van der Waals surface area (Å²) in [6.45, 7) is 4.77. The highest BCUT2D eigenvalue weighted by Crippen LogP contribution is 2.12. The van der Waals surface area contributed by atoms with Gasteiger partial charge in [0.05, 0.1) is 9.73 Å². The van der Waals surface area contributed by atoms with Crippen LogP contribution in [0.15, 0.2) is 3.77 Å². The fraction of sp³-hybridized carbons (Fsp3) is 0.909. The van der Waals surface area contributed by atoms with E-state index in [1.54, 1.807) is 16.8 Å². The second kappa shape index (κ2) is 6.49. The smallest absolute Gasteiger partial charge is 0.325 e. The first-order valence-electron chi connectivity index (χ1n) is 6.64. The van der Waals surface area contributed by atoms with Gasteiger partial charge in [-0.15, -0.1) is 0 Å². The summed E-state index contributed by atoms with van der Waals surface area (Å²) in [5.41, 5.74) is 0. The Hall–Kier alpha value is -0.870. The van der Waals surface area contributed by atoms with Crippen LogP contribution in [-0.4, -0.2) is 84.5 Å². The maximum absolute atomic E-state index is 12.1. The number of urea groups is 1. The van der Waals surface area contributed by atoms with Gasteiger partial charge < -0.3 is 9.80 Å². The molecule has 2 amide bonds. The van der Waals surface area contributed by atoms with Gasteiger partial charge in [-0.05, 0) is 13.8 Å². The number of carbonyl (C=O) groups is 1. The molecule has 1 heterocycles. The molecule has 0 N–H and O–H groups in total. The van der Waals surface area contributed by atoms with Crippen molar-refractivity contribution in [3.63, 3.8) is 0 Å². The molecular weight excluding hydrogens is 316 g/mol. The second-order valence-electron chi connectivity index (χ2n) is 5.61. The zero-order chi connectivity index (χ0) is 16.4. The largest absolute Gasteiger partial charge is 0.330 e. The van der Waals surface area contributed by atoms with Crippen molar-refractivity contribution in [2.24, 2.45) is 3.77 Å². The highest BCUT2D eigenvalue weighted by molar-refractivity contribution is 8.01. The van der Waals surface area contributed by atoms with Crippen molar-refractivity contribution in [2.75, 3.05) is 45.7 Å². The molecule has 1 fully saturated rings. The molecule has 0 saturated carbocycles. The summed E-state index contributed by atoms with van der Waals surface area (Å²) >= 11 is 0. The van der Waals surface area contributed by atoms with E-state index >= 15 is 0 Å². The lowest BCUT2D eigenvalue weighted by Crippen LogP contribution is -2.54. The van der Waals surface area contributed by atoms with E-state index in [4.69, 9.17) is 0 Å². The van der Waals surface area contributed by atoms with E-state index in [0.717, 1.165) is 0 Å². The summed E-state index contributed by atoms with van der Waals surface area (Å²) in [5.74, 6) is 0. The minimum atomic E-state index is -3.90. The van der Waals surface area contributed by atoms with Crippen molar-refractivity contribution < 1.29 is 17.4 Å². The quantitative estimate of drug-likeness (QED) is 0.725. The minimum Gasteiger partial charge on any atom is -0.325 e. The third-order valence-electron chi connectivity index (χ3n) is 3.19. The summed E-state index contributed by atoms with van der Waals surface area (Å²) in [6, 6.07) is -0.0344. The Morgan fingerprint density at radius 1 is 1.10 bits per heavy atom. The SMILES string of the molecule is CC(C)N(C)C(=O)N1CCN(S(=O)(=O)N=S(C)(C)=O)CC1. The Balaban J connectivity index is 2.73. The second-order valence-corrected chi connectivity index (χ2v) is 9.98. The van der Waals surface area contributed by atoms with Crippen LogP contribution in [0.2, 0.25) is 0 Å². The van der Waals surface area contributed by atoms with Crippen molar-refractivity contribution in [3.05, 3.63) is 0 Å². The molecule has 0 spiro atoms. The van der Waals surface area contributed by atoms with Gasteiger partial charge in [0, 0.05) is 51.8 Å². The number of rotatable bonds is 3. The van der Waals surface area contributed by atoms with Crippen LogP contribution in [0.25, 0.3) is 0 Å². The Kier molecular flexibility index (Phi) is 5.62. The fourth-order valence-corrected chi connectivity index (χ4v) is 4.64. The Morgan fingerprint density at radius 2 is 1.57 bits per heavy atom. The van der Waals surface area contributed by atoms with E-state index in [9.17, 15) is 17.4 Å². The van der Waals surface area contributed by atoms with E-state index in [1.165, 1.54) is 16.8 Å². The molecule has 1 aliphatic rings. The van der Waals surface area contributed by atoms with Crippen LogP contribution in [0.1, 0.15) is 13.8 Å². The summed E-state index contributed by atoms with van der Waals surface area (Å²) in [6.07, 6.45) is 2.56. The van der Waals surface area contributed by atoms with Crippen LogP contribution in [0, 0.1) is 0 Å². The molecule has 0 aliphatic carbocycles. The van der Waals surface area contributed by atoms with Crippen LogP contribution in [-0.2, 0) is 19.9 Å². The fourth-order valence-electron chi connectivity index (χ4n) is 1.83. The lowest BCUT2D eigenvalue weighted by Gasteiger charge is -2.36. The van der Waals surface area contributed by atoms with Crippen molar-refractivity contribution in [2.45, 2.75) is 19.9 Å². The van der Waals surface area contributed by atoms with E-state index in [2.05, 4.69) is 3.77 Å². The van der Waals surface area contributed by atoms with Crippen LogP contribution in [0.3, 0.4) is 0 Å². The van der Waals surface area contributed by atoms with Crippen LogP contribution in [0.4, 0.5) is 4.79 Å². The van der Waals surface area contributed by atoms with Gasteiger partial charge in [0.1, 0.15) is 0 Å². The molecule has 0 radical (unpaired) electrons. The first-order valence-corrected chi connectivity index (χ1v) is 10.4. The number of nitrogens with zero attached hydrogens (tertiary/aromatic N) is 4. The van der Waals surface area contributed by atoms with E-state index in [1.807, 2.05) is 13.8 Å². The molecule has 21 heavy (non-hydrogen) atoms. The molecule has 0 bridgehead atoms. The van der Waals surface area contributed by atoms with E-state index < -0.39 is 19.9 Å². The van der Waals surface area contributed by atoms with Crippen molar-refractivity contribution >= 4 is 26.0 Å². The van der Waals surface area contributed by atoms with Crippen LogP contribution >= 0.6 is 0 Å². The molecule has 0 aromatic heterocycles. The average Bonchev–Trinajstić information content (AvgIpc) is 2.34. The predicted molar refractivity (Wildman–Crippen MR) is 82.8 cm³/mol. The summed E-state index contributed by atoms with van der Waals surface area (Å²) in [5, 5.41) is 0. The number of amides is 2. The maximum Gasteiger partial charge on any atom is 0.330 e. The van der Waals surface area contributed by atoms with Crippen molar-refractivity contribution in [3.8, 4) is 0 Å². The molecule has 0 aromatic rings. The van der Waals surface area contributed by atoms with Gasteiger partial charge in [-0.2, -0.15) is 12.7 Å². The first-order chi connectivity index (χ1) is 9.44. The molecule has 10 heteroatoms. The molecule has 8 nitrogen and oxygen atoms in total. The molecule has 0 atom stereocenters. The standard InChI is InChI=1S/C11H24N4O4S2/c1-10(2)13(3)11(16)14-6-8-15(9-7-14)21(18,19)12-20(4,5)17/h10H,6-9H2,1-5H3. The monoisotopic (exact) mass is 340 g/mol. The Bertz CT molecular complexity index is 592. The highest BCUT2D eigenvalue weighted by atomic mass is 32.3. The van der Waals surface area contributed by atoms with E-state index in [-0.39, 0.29) is 25.2 Å². The van der Waals surface area contributed by atoms with Crippen molar-refractivity contribution in [1.82, 2.24) is 14.1 Å². The maximum atomic E-state index is 12.1. The van der Waals surface area contributed by atoms with Gasteiger partial charge in [-0.1, -0.05) is 3.77 Å². The number of carbonyl (C=O) groups excluding carboxylic acids is 1. The molecule has 0 unspecified atom stereocenters. The summed E-state index contributed by atoms with van der Waals surface area (Å²) in [4.78, 5) is 15.4. The van der Waals surface area contributed by atoms with Crippen LogP contribution < -0.4 is 0 Å². The van der Waals surface area contributed by atoms with Gasteiger partial charge in [0.15, 0.2) is 0 Å². The number of hydrogen-bond acceptors (Lipinski definition) is 4. The van der Waals surface area contributed by atoms with Gasteiger partial charge in [-0.25, -0.2) is 9.00 Å². The minimum absolute atomic E-state index is 0.0825.